The van der Waals surface area contributed by atoms with Gasteiger partial charge in [-0.05, 0) is 23.4 Å². The molecule has 0 aliphatic heterocycles. The number of nitrogen functional groups attached to an aromatic ring is 1. The Hall–Kier alpha value is -2.73. The van der Waals surface area contributed by atoms with Crippen molar-refractivity contribution in [2.75, 3.05) is 0 Å². The van der Waals surface area contributed by atoms with E-state index in [-0.39, 0.29) is 5.84 Å². The van der Waals surface area contributed by atoms with Gasteiger partial charge in [0.05, 0.1) is 5.69 Å². The monoisotopic (exact) mass is 298 g/mol. The maximum absolute atomic E-state index is 7.62. The Morgan fingerprint density at radius 1 is 1.14 bits per heavy atom. The fraction of sp³-hybridized carbons (Fsp3) is 0. The van der Waals surface area contributed by atoms with Crippen molar-refractivity contribution < 1.29 is 0 Å². The molecule has 0 fully saturated rings. The number of halogens is 1. The van der Waals surface area contributed by atoms with Gasteiger partial charge in [-0.3, -0.25) is 5.41 Å². The lowest BCUT2D eigenvalue weighted by Gasteiger charge is -2.06. The standard InChI is InChI=1S/C14H11ClN6/c15-10-6-7-12(11(8-10)13(16)17)21-19-14(18-20-21)9-4-2-1-3-5-9/h1-8H,(H3,16,17). The molecule has 7 heteroatoms. The lowest BCUT2D eigenvalue weighted by molar-refractivity contribution is 0.719. The SMILES string of the molecule is N=C(N)c1cc(Cl)ccc1-n1nnc(-c2ccccc2)n1. The van der Waals surface area contributed by atoms with E-state index in [1.54, 1.807) is 18.2 Å². The highest BCUT2D eigenvalue weighted by Crippen LogP contribution is 2.19. The molecular weight excluding hydrogens is 288 g/mol. The molecule has 0 amide bonds. The average Bonchev–Trinajstić information content (AvgIpc) is 2.97. The van der Waals surface area contributed by atoms with Crippen molar-refractivity contribution in [3.8, 4) is 17.1 Å². The quantitative estimate of drug-likeness (QED) is 0.573. The van der Waals surface area contributed by atoms with Gasteiger partial charge in [-0.25, -0.2) is 0 Å². The first-order valence-electron chi connectivity index (χ1n) is 6.15. The number of hydrogen-bond acceptors (Lipinski definition) is 4. The average molecular weight is 299 g/mol. The topological polar surface area (TPSA) is 93.5 Å². The predicted octanol–water partition coefficient (Wildman–Crippen LogP) is 2.27. The van der Waals surface area contributed by atoms with Crippen molar-refractivity contribution in [3.05, 3.63) is 59.1 Å². The molecule has 3 aromatic rings. The number of aromatic nitrogens is 4. The van der Waals surface area contributed by atoms with Gasteiger partial charge >= 0.3 is 0 Å². The predicted molar refractivity (Wildman–Crippen MR) is 80.6 cm³/mol. The summed E-state index contributed by atoms with van der Waals surface area (Å²) < 4.78 is 0. The van der Waals surface area contributed by atoms with Crippen molar-refractivity contribution in [3.63, 3.8) is 0 Å². The lowest BCUT2D eigenvalue weighted by atomic mass is 10.1. The number of amidine groups is 1. The minimum Gasteiger partial charge on any atom is -0.384 e. The largest absolute Gasteiger partial charge is 0.384 e. The van der Waals surface area contributed by atoms with Crippen LogP contribution in [-0.4, -0.2) is 26.0 Å². The smallest absolute Gasteiger partial charge is 0.205 e. The van der Waals surface area contributed by atoms with Gasteiger partial charge in [0.25, 0.3) is 0 Å². The molecule has 2 aromatic carbocycles. The van der Waals surface area contributed by atoms with Crippen LogP contribution in [0.25, 0.3) is 17.1 Å². The third-order valence-electron chi connectivity index (χ3n) is 2.91. The summed E-state index contributed by atoms with van der Waals surface area (Å²) in [5, 5.41) is 20.5. The molecule has 0 bridgehead atoms. The van der Waals surface area contributed by atoms with Crippen LogP contribution < -0.4 is 5.73 Å². The van der Waals surface area contributed by atoms with Crippen molar-refractivity contribution in [2.24, 2.45) is 5.73 Å². The summed E-state index contributed by atoms with van der Waals surface area (Å²) in [6.07, 6.45) is 0. The number of benzene rings is 2. The van der Waals surface area contributed by atoms with E-state index in [0.717, 1.165) is 5.56 Å². The summed E-state index contributed by atoms with van der Waals surface area (Å²) in [4.78, 5) is 1.34. The molecule has 104 valence electrons. The number of nitrogens with zero attached hydrogens (tertiary/aromatic N) is 4. The molecule has 0 unspecified atom stereocenters. The Balaban J connectivity index is 2.07. The highest BCUT2D eigenvalue weighted by atomic mass is 35.5. The van der Waals surface area contributed by atoms with E-state index >= 15 is 0 Å². The van der Waals surface area contributed by atoms with Crippen LogP contribution in [-0.2, 0) is 0 Å². The fourth-order valence-electron chi connectivity index (χ4n) is 1.92. The number of hydrogen-bond donors (Lipinski definition) is 2. The molecule has 6 nitrogen and oxygen atoms in total. The summed E-state index contributed by atoms with van der Waals surface area (Å²) >= 11 is 5.93. The molecule has 3 rings (SSSR count). The molecule has 3 N–H and O–H groups in total. The van der Waals surface area contributed by atoms with Crippen LogP contribution in [0.15, 0.2) is 48.5 Å². The minimum atomic E-state index is -0.105. The van der Waals surface area contributed by atoms with E-state index in [9.17, 15) is 0 Å². The van der Waals surface area contributed by atoms with Crippen LogP contribution in [0.4, 0.5) is 0 Å². The summed E-state index contributed by atoms with van der Waals surface area (Å²) in [7, 11) is 0. The zero-order valence-corrected chi connectivity index (χ0v) is 11.6. The number of nitrogens with one attached hydrogen (secondary N) is 1. The molecular formula is C14H11ClN6. The summed E-state index contributed by atoms with van der Waals surface area (Å²) in [6.45, 7) is 0. The van der Waals surface area contributed by atoms with E-state index in [1.165, 1.54) is 4.80 Å². The van der Waals surface area contributed by atoms with E-state index in [4.69, 9.17) is 22.7 Å². The first-order chi connectivity index (χ1) is 10.1. The molecule has 0 spiro atoms. The van der Waals surface area contributed by atoms with Crippen molar-refractivity contribution in [1.82, 2.24) is 20.2 Å². The molecule has 0 saturated heterocycles. The van der Waals surface area contributed by atoms with E-state index in [1.807, 2.05) is 30.3 Å². The molecule has 0 aliphatic carbocycles. The minimum absolute atomic E-state index is 0.105. The lowest BCUT2D eigenvalue weighted by Crippen LogP contribution is -2.15. The molecule has 0 atom stereocenters. The third kappa shape index (κ3) is 2.61. The Morgan fingerprint density at radius 2 is 1.90 bits per heavy atom. The van der Waals surface area contributed by atoms with Gasteiger partial charge < -0.3 is 5.73 Å². The van der Waals surface area contributed by atoms with Gasteiger partial charge in [0.1, 0.15) is 5.84 Å². The van der Waals surface area contributed by atoms with Crippen LogP contribution in [0.5, 0.6) is 0 Å². The van der Waals surface area contributed by atoms with Crippen LogP contribution in [0.2, 0.25) is 5.02 Å². The fourth-order valence-corrected chi connectivity index (χ4v) is 2.09. The Labute approximate surface area is 125 Å². The Morgan fingerprint density at radius 3 is 2.62 bits per heavy atom. The molecule has 1 heterocycles. The molecule has 0 radical (unpaired) electrons. The molecule has 0 aliphatic rings. The van der Waals surface area contributed by atoms with Gasteiger partial charge in [0, 0.05) is 16.1 Å². The summed E-state index contributed by atoms with van der Waals surface area (Å²) in [5.41, 5.74) is 7.45. The summed E-state index contributed by atoms with van der Waals surface area (Å²) in [6, 6.07) is 14.5. The zero-order chi connectivity index (χ0) is 14.8. The summed E-state index contributed by atoms with van der Waals surface area (Å²) in [5.74, 6) is 0.395. The molecule has 0 saturated carbocycles. The number of nitrogens with two attached hydrogens (primary N) is 1. The van der Waals surface area contributed by atoms with Crippen molar-refractivity contribution in [2.45, 2.75) is 0 Å². The Kier molecular flexibility index (Phi) is 3.37. The van der Waals surface area contributed by atoms with E-state index in [2.05, 4.69) is 15.4 Å². The Bertz CT molecular complexity index is 796. The van der Waals surface area contributed by atoms with Gasteiger partial charge in [-0.15, -0.1) is 15.0 Å². The van der Waals surface area contributed by atoms with Gasteiger partial charge in [0.2, 0.25) is 5.82 Å². The highest BCUT2D eigenvalue weighted by Gasteiger charge is 2.12. The van der Waals surface area contributed by atoms with Crippen LogP contribution in [0.1, 0.15) is 5.56 Å². The normalized spacial score (nSPS) is 10.5. The third-order valence-corrected chi connectivity index (χ3v) is 3.14. The first kappa shape index (κ1) is 13.3. The van der Waals surface area contributed by atoms with Crippen molar-refractivity contribution >= 4 is 17.4 Å². The van der Waals surface area contributed by atoms with Crippen LogP contribution in [0, 0.1) is 5.41 Å². The molecule has 21 heavy (non-hydrogen) atoms. The highest BCUT2D eigenvalue weighted by molar-refractivity contribution is 6.31. The number of rotatable bonds is 3. The van der Waals surface area contributed by atoms with Crippen LogP contribution in [0.3, 0.4) is 0 Å². The van der Waals surface area contributed by atoms with Crippen LogP contribution >= 0.6 is 11.6 Å². The van der Waals surface area contributed by atoms with Gasteiger partial charge in [0.15, 0.2) is 0 Å². The van der Waals surface area contributed by atoms with E-state index < -0.39 is 0 Å². The first-order valence-corrected chi connectivity index (χ1v) is 6.53. The molecule has 1 aromatic heterocycles. The zero-order valence-electron chi connectivity index (χ0n) is 10.9. The van der Waals surface area contributed by atoms with Gasteiger partial charge in [-0.1, -0.05) is 41.9 Å². The van der Waals surface area contributed by atoms with Gasteiger partial charge in [-0.2, -0.15) is 0 Å². The van der Waals surface area contributed by atoms with E-state index in [0.29, 0.717) is 22.1 Å². The second-order valence-corrected chi connectivity index (χ2v) is 4.78. The number of tetrazole rings is 1. The maximum Gasteiger partial charge on any atom is 0.205 e. The maximum atomic E-state index is 7.62. The second-order valence-electron chi connectivity index (χ2n) is 4.34. The van der Waals surface area contributed by atoms with Crippen molar-refractivity contribution in [1.29, 1.82) is 5.41 Å². The second kappa shape index (κ2) is 5.34.